The maximum absolute atomic E-state index is 12.9. The molecule has 3 rings (SSSR count). The van der Waals surface area contributed by atoms with E-state index in [4.69, 9.17) is 4.74 Å². The van der Waals surface area contributed by atoms with Gasteiger partial charge in [0.25, 0.3) is 11.8 Å². The van der Waals surface area contributed by atoms with Gasteiger partial charge in [-0.1, -0.05) is 0 Å². The van der Waals surface area contributed by atoms with Crippen molar-refractivity contribution in [3.05, 3.63) is 75.5 Å². The van der Waals surface area contributed by atoms with E-state index in [-0.39, 0.29) is 24.2 Å². The molecular weight excluding hydrogens is 381 g/mol. The molecule has 2 aromatic carbocycles. The number of halogens is 1. The first kappa shape index (κ1) is 19.5. The normalized spacial score (nSPS) is 10.4. The van der Waals surface area contributed by atoms with Gasteiger partial charge in [-0.15, -0.1) is 11.3 Å². The highest BCUT2D eigenvalue weighted by molar-refractivity contribution is 7.13. The minimum atomic E-state index is -0.334. The van der Waals surface area contributed by atoms with Gasteiger partial charge in [0.1, 0.15) is 28.1 Å². The van der Waals surface area contributed by atoms with Crippen LogP contribution in [-0.4, -0.2) is 23.8 Å². The monoisotopic (exact) mass is 399 g/mol. The van der Waals surface area contributed by atoms with Crippen LogP contribution < -0.4 is 15.4 Å². The lowest BCUT2D eigenvalue weighted by Gasteiger charge is -2.05. The summed E-state index contributed by atoms with van der Waals surface area (Å²) in [6.07, 6.45) is 0. The van der Waals surface area contributed by atoms with Crippen LogP contribution >= 0.6 is 11.3 Å². The second-order valence-electron chi connectivity index (χ2n) is 5.88. The number of thiazole rings is 1. The molecule has 2 amide bonds. The quantitative estimate of drug-likeness (QED) is 0.661. The number of benzene rings is 2. The standard InChI is InChI=1S/C20H18FN3O3S/c1-12-18(20(26)24-15-7-3-13(4-8-15)19(25)22-2)28-17(23-12)11-27-16-9-5-14(21)6-10-16/h3-10H,11H2,1-2H3,(H,22,25)(H,24,26). The Kier molecular flexibility index (Phi) is 6.00. The second kappa shape index (κ2) is 8.62. The number of amides is 2. The fourth-order valence-electron chi connectivity index (χ4n) is 2.44. The molecule has 2 N–H and O–H groups in total. The topological polar surface area (TPSA) is 80.3 Å². The molecule has 1 aromatic heterocycles. The highest BCUT2D eigenvalue weighted by Crippen LogP contribution is 2.22. The molecule has 0 aliphatic rings. The van der Waals surface area contributed by atoms with Crippen LogP contribution in [0.15, 0.2) is 48.5 Å². The Morgan fingerprint density at radius 2 is 1.75 bits per heavy atom. The number of hydrogen-bond acceptors (Lipinski definition) is 5. The number of aryl methyl sites for hydroxylation is 1. The maximum Gasteiger partial charge on any atom is 0.267 e. The van der Waals surface area contributed by atoms with E-state index in [1.807, 2.05) is 0 Å². The van der Waals surface area contributed by atoms with Gasteiger partial charge in [0.05, 0.1) is 5.69 Å². The van der Waals surface area contributed by atoms with Gasteiger partial charge in [0, 0.05) is 18.3 Å². The van der Waals surface area contributed by atoms with E-state index < -0.39 is 0 Å². The minimum absolute atomic E-state index is 0.186. The average Bonchev–Trinajstić information content (AvgIpc) is 3.08. The van der Waals surface area contributed by atoms with Gasteiger partial charge in [-0.05, 0) is 55.5 Å². The lowest BCUT2D eigenvalue weighted by atomic mass is 10.2. The number of aromatic nitrogens is 1. The molecule has 0 unspecified atom stereocenters. The van der Waals surface area contributed by atoms with Crippen LogP contribution in [0, 0.1) is 12.7 Å². The highest BCUT2D eigenvalue weighted by atomic mass is 32.1. The summed E-state index contributed by atoms with van der Waals surface area (Å²) in [5.41, 5.74) is 1.69. The van der Waals surface area contributed by atoms with E-state index in [0.717, 1.165) is 0 Å². The third-order valence-corrected chi connectivity index (χ3v) is 4.98. The first-order valence-electron chi connectivity index (χ1n) is 8.44. The number of hydrogen-bond donors (Lipinski definition) is 2. The molecule has 0 saturated heterocycles. The zero-order chi connectivity index (χ0) is 20.1. The van der Waals surface area contributed by atoms with Gasteiger partial charge in [0.15, 0.2) is 0 Å². The van der Waals surface area contributed by atoms with E-state index in [1.165, 1.54) is 35.6 Å². The largest absolute Gasteiger partial charge is 0.486 e. The lowest BCUT2D eigenvalue weighted by molar-refractivity contribution is 0.0962. The van der Waals surface area contributed by atoms with Crippen LogP contribution in [0.25, 0.3) is 0 Å². The van der Waals surface area contributed by atoms with Crippen LogP contribution in [0.5, 0.6) is 5.75 Å². The SMILES string of the molecule is CNC(=O)c1ccc(NC(=O)c2sc(COc3ccc(F)cc3)nc2C)cc1. The van der Waals surface area contributed by atoms with Crippen LogP contribution in [0.2, 0.25) is 0 Å². The van der Waals surface area contributed by atoms with Crippen LogP contribution in [0.3, 0.4) is 0 Å². The smallest absolute Gasteiger partial charge is 0.267 e. The Balaban J connectivity index is 1.64. The van der Waals surface area contributed by atoms with Crippen molar-refractivity contribution in [2.45, 2.75) is 13.5 Å². The minimum Gasteiger partial charge on any atom is -0.486 e. The molecule has 6 nitrogen and oxygen atoms in total. The molecule has 28 heavy (non-hydrogen) atoms. The zero-order valence-electron chi connectivity index (χ0n) is 15.3. The van der Waals surface area contributed by atoms with Crippen molar-refractivity contribution in [1.29, 1.82) is 0 Å². The molecular formula is C20H18FN3O3S. The van der Waals surface area contributed by atoms with Crippen molar-refractivity contribution in [3.63, 3.8) is 0 Å². The zero-order valence-corrected chi connectivity index (χ0v) is 16.1. The summed E-state index contributed by atoms with van der Waals surface area (Å²) in [6, 6.07) is 12.3. The summed E-state index contributed by atoms with van der Waals surface area (Å²) in [5.74, 6) is -0.283. The van der Waals surface area contributed by atoms with Crippen molar-refractivity contribution in [1.82, 2.24) is 10.3 Å². The van der Waals surface area contributed by atoms with Crippen LogP contribution in [0.1, 0.15) is 30.7 Å². The van der Waals surface area contributed by atoms with E-state index in [9.17, 15) is 14.0 Å². The summed E-state index contributed by atoms with van der Waals surface area (Å²) in [6.45, 7) is 1.94. The third-order valence-electron chi connectivity index (χ3n) is 3.86. The fourth-order valence-corrected chi connectivity index (χ4v) is 3.31. The number of carbonyl (C=O) groups is 2. The van der Waals surface area contributed by atoms with E-state index >= 15 is 0 Å². The second-order valence-corrected chi connectivity index (χ2v) is 6.96. The molecule has 0 radical (unpaired) electrons. The molecule has 0 aliphatic carbocycles. The predicted octanol–water partition coefficient (Wildman–Crippen LogP) is 3.78. The van der Waals surface area contributed by atoms with Gasteiger partial charge in [-0.2, -0.15) is 0 Å². The summed E-state index contributed by atoms with van der Waals surface area (Å²) in [7, 11) is 1.56. The van der Waals surface area contributed by atoms with Crippen molar-refractivity contribution in [2.24, 2.45) is 0 Å². The molecule has 3 aromatic rings. The Labute approximate surface area is 165 Å². The van der Waals surface area contributed by atoms with Crippen molar-refractivity contribution < 1.29 is 18.7 Å². The molecule has 0 bridgehead atoms. The molecule has 0 saturated carbocycles. The molecule has 0 aliphatic heterocycles. The van der Waals surface area contributed by atoms with E-state index in [0.29, 0.717) is 32.6 Å². The predicted molar refractivity (Wildman–Crippen MR) is 105 cm³/mol. The Hall–Kier alpha value is -3.26. The molecule has 8 heteroatoms. The number of rotatable bonds is 6. The fraction of sp³-hybridized carbons (Fsp3) is 0.150. The number of anilines is 1. The lowest BCUT2D eigenvalue weighted by Crippen LogP contribution is -2.17. The average molecular weight is 399 g/mol. The Morgan fingerprint density at radius 3 is 2.39 bits per heavy atom. The Bertz CT molecular complexity index is 985. The van der Waals surface area contributed by atoms with Gasteiger partial charge >= 0.3 is 0 Å². The van der Waals surface area contributed by atoms with Crippen LogP contribution in [-0.2, 0) is 6.61 Å². The number of nitrogens with one attached hydrogen (secondary N) is 2. The van der Waals surface area contributed by atoms with Crippen LogP contribution in [0.4, 0.5) is 10.1 Å². The summed E-state index contributed by atoms with van der Waals surface area (Å²) < 4.78 is 18.5. The molecule has 0 fully saturated rings. The molecule has 1 heterocycles. The number of carbonyl (C=O) groups excluding carboxylic acids is 2. The number of nitrogens with zero attached hydrogens (tertiary/aromatic N) is 1. The van der Waals surface area contributed by atoms with E-state index in [2.05, 4.69) is 15.6 Å². The highest BCUT2D eigenvalue weighted by Gasteiger charge is 2.16. The maximum atomic E-state index is 12.9. The summed E-state index contributed by atoms with van der Waals surface area (Å²) >= 11 is 1.23. The van der Waals surface area contributed by atoms with E-state index in [1.54, 1.807) is 38.2 Å². The molecule has 0 atom stereocenters. The summed E-state index contributed by atoms with van der Waals surface area (Å²) in [5, 5.41) is 5.98. The third kappa shape index (κ3) is 4.72. The molecule has 0 spiro atoms. The van der Waals surface area contributed by atoms with Crippen molar-refractivity contribution in [2.75, 3.05) is 12.4 Å². The van der Waals surface area contributed by atoms with Gasteiger partial charge in [-0.25, -0.2) is 9.37 Å². The first-order valence-corrected chi connectivity index (χ1v) is 9.26. The van der Waals surface area contributed by atoms with Gasteiger partial charge in [0.2, 0.25) is 0 Å². The molecule has 144 valence electrons. The number of ether oxygens (including phenoxy) is 1. The summed E-state index contributed by atoms with van der Waals surface area (Å²) in [4.78, 5) is 28.9. The van der Waals surface area contributed by atoms with Crippen molar-refractivity contribution in [3.8, 4) is 5.75 Å². The first-order chi connectivity index (χ1) is 13.5. The van der Waals surface area contributed by atoms with Gasteiger partial charge in [-0.3, -0.25) is 9.59 Å². The van der Waals surface area contributed by atoms with Crippen molar-refractivity contribution >= 4 is 28.8 Å². The Morgan fingerprint density at radius 1 is 1.07 bits per heavy atom. The van der Waals surface area contributed by atoms with Gasteiger partial charge < -0.3 is 15.4 Å².